The topological polar surface area (TPSA) is 72.5 Å². The highest BCUT2D eigenvalue weighted by molar-refractivity contribution is 5.94. The fraction of sp³-hybridized carbons (Fsp3) is 0.222. The molecule has 0 unspecified atom stereocenters. The molecule has 0 aliphatic rings. The van der Waals surface area contributed by atoms with E-state index < -0.39 is 5.97 Å². The van der Waals surface area contributed by atoms with Crippen LogP contribution >= 0.6 is 0 Å². The minimum absolute atomic E-state index is 0.110. The normalized spacial score (nSPS) is 9.69. The maximum absolute atomic E-state index is 10.7. The highest BCUT2D eigenvalue weighted by Gasteiger charge is 2.12. The molecule has 0 heterocycles. The monoisotopic (exact) mass is 181 g/mol. The number of benzene rings is 1. The van der Waals surface area contributed by atoms with Gasteiger partial charge in [-0.1, -0.05) is 0 Å². The summed E-state index contributed by atoms with van der Waals surface area (Å²) in [5.74, 6) is -0.425. The minimum Gasteiger partial charge on any atom is -0.496 e. The Hall–Kier alpha value is -1.71. The smallest absolute Gasteiger partial charge is 0.337 e. The molecule has 3 N–H and O–H groups in total. The van der Waals surface area contributed by atoms with Crippen molar-refractivity contribution >= 4 is 11.7 Å². The third-order valence-corrected chi connectivity index (χ3v) is 1.92. The molecule has 0 amide bonds. The molecule has 13 heavy (non-hydrogen) atoms. The van der Waals surface area contributed by atoms with Crippen molar-refractivity contribution in [3.05, 3.63) is 23.3 Å². The second kappa shape index (κ2) is 3.35. The van der Waals surface area contributed by atoms with Gasteiger partial charge >= 0.3 is 5.97 Å². The van der Waals surface area contributed by atoms with Gasteiger partial charge in [0.15, 0.2) is 0 Å². The number of anilines is 1. The number of carboxylic acid groups (broad SMARTS) is 1. The lowest BCUT2D eigenvalue weighted by Crippen LogP contribution is -2.04. The number of methoxy groups -OCH3 is 1. The van der Waals surface area contributed by atoms with E-state index in [2.05, 4.69) is 0 Å². The van der Waals surface area contributed by atoms with Crippen molar-refractivity contribution in [1.29, 1.82) is 0 Å². The predicted octanol–water partition coefficient (Wildman–Crippen LogP) is 1.28. The fourth-order valence-corrected chi connectivity index (χ4v) is 1.12. The second-order valence-corrected chi connectivity index (χ2v) is 2.66. The van der Waals surface area contributed by atoms with E-state index in [4.69, 9.17) is 15.6 Å². The number of ether oxygens (including phenoxy) is 1. The van der Waals surface area contributed by atoms with Gasteiger partial charge in [-0.2, -0.15) is 0 Å². The first-order chi connectivity index (χ1) is 6.07. The molecule has 0 aliphatic heterocycles. The van der Waals surface area contributed by atoms with E-state index >= 15 is 0 Å². The molecule has 0 radical (unpaired) electrons. The number of nitrogens with two attached hydrogens (primary N) is 1. The molecule has 4 nitrogen and oxygen atoms in total. The Balaban J connectivity index is 3.31. The van der Waals surface area contributed by atoms with Crippen molar-refractivity contribution in [3.8, 4) is 5.75 Å². The maximum atomic E-state index is 10.7. The van der Waals surface area contributed by atoms with E-state index in [1.54, 1.807) is 13.0 Å². The van der Waals surface area contributed by atoms with Crippen LogP contribution in [0.5, 0.6) is 5.75 Å². The molecule has 0 bridgehead atoms. The largest absolute Gasteiger partial charge is 0.496 e. The van der Waals surface area contributed by atoms with Crippen molar-refractivity contribution in [1.82, 2.24) is 0 Å². The van der Waals surface area contributed by atoms with Gasteiger partial charge in [-0.15, -0.1) is 0 Å². The summed E-state index contributed by atoms with van der Waals surface area (Å²) >= 11 is 0. The predicted molar refractivity (Wildman–Crippen MR) is 49.1 cm³/mol. The molecule has 0 aromatic heterocycles. The van der Waals surface area contributed by atoms with Gasteiger partial charge in [0.2, 0.25) is 0 Å². The second-order valence-electron chi connectivity index (χ2n) is 2.66. The maximum Gasteiger partial charge on any atom is 0.337 e. The lowest BCUT2D eigenvalue weighted by atomic mass is 10.1. The highest BCUT2D eigenvalue weighted by Crippen LogP contribution is 2.26. The number of aromatic carboxylic acids is 1. The van der Waals surface area contributed by atoms with Gasteiger partial charge in [-0.25, -0.2) is 4.79 Å². The molecular weight excluding hydrogens is 170 g/mol. The van der Waals surface area contributed by atoms with Crippen LogP contribution in [0.1, 0.15) is 15.9 Å². The molecule has 0 atom stereocenters. The molecule has 4 heteroatoms. The number of hydrogen-bond acceptors (Lipinski definition) is 3. The molecule has 1 aromatic rings. The zero-order valence-corrected chi connectivity index (χ0v) is 7.50. The summed E-state index contributed by atoms with van der Waals surface area (Å²) in [4.78, 5) is 10.7. The zero-order valence-electron chi connectivity index (χ0n) is 7.50. The van der Waals surface area contributed by atoms with E-state index in [0.29, 0.717) is 11.3 Å². The lowest BCUT2D eigenvalue weighted by Gasteiger charge is -2.08. The van der Waals surface area contributed by atoms with Crippen LogP contribution < -0.4 is 10.5 Å². The molecule has 1 aromatic carbocycles. The minimum atomic E-state index is -1.02. The van der Waals surface area contributed by atoms with Crippen LogP contribution in [0.2, 0.25) is 0 Å². The van der Waals surface area contributed by atoms with Gasteiger partial charge in [0.1, 0.15) is 5.75 Å². The van der Waals surface area contributed by atoms with E-state index in [9.17, 15) is 4.79 Å². The van der Waals surface area contributed by atoms with Crippen molar-refractivity contribution in [3.63, 3.8) is 0 Å². The van der Waals surface area contributed by atoms with E-state index in [0.717, 1.165) is 0 Å². The van der Waals surface area contributed by atoms with Crippen LogP contribution in [-0.4, -0.2) is 18.2 Å². The molecule has 0 saturated carbocycles. The Morgan fingerprint density at radius 2 is 2.15 bits per heavy atom. The summed E-state index contributed by atoms with van der Waals surface area (Å²) in [6, 6.07) is 3.03. The molecular formula is C9H11NO3. The average Bonchev–Trinajstić information content (AvgIpc) is 2.09. The van der Waals surface area contributed by atoms with Crippen LogP contribution in [0.3, 0.4) is 0 Å². The first-order valence-corrected chi connectivity index (χ1v) is 3.74. The molecule has 0 aliphatic carbocycles. The van der Waals surface area contributed by atoms with Crippen LogP contribution in [-0.2, 0) is 0 Å². The summed E-state index contributed by atoms with van der Waals surface area (Å²) in [6.07, 6.45) is 0. The fourth-order valence-electron chi connectivity index (χ4n) is 1.12. The molecule has 0 saturated heterocycles. The summed E-state index contributed by atoms with van der Waals surface area (Å²) in [7, 11) is 1.52. The lowest BCUT2D eigenvalue weighted by molar-refractivity contribution is 0.0698. The first-order valence-electron chi connectivity index (χ1n) is 3.74. The number of nitrogen functional groups attached to an aromatic ring is 1. The third-order valence-electron chi connectivity index (χ3n) is 1.92. The zero-order chi connectivity index (χ0) is 10.0. The Kier molecular flexibility index (Phi) is 2.41. The van der Waals surface area contributed by atoms with Gasteiger partial charge < -0.3 is 15.6 Å². The van der Waals surface area contributed by atoms with Crippen LogP contribution in [0.15, 0.2) is 12.1 Å². The van der Waals surface area contributed by atoms with Gasteiger partial charge in [-0.05, 0) is 19.1 Å². The number of rotatable bonds is 2. The Morgan fingerprint density at radius 3 is 2.62 bits per heavy atom. The van der Waals surface area contributed by atoms with Crippen LogP contribution in [0.4, 0.5) is 5.69 Å². The Labute approximate surface area is 75.9 Å². The molecule has 70 valence electrons. The third kappa shape index (κ3) is 1.56. The van der Waals surface area contributed by atoms with E-state index in [-0.39, 0.29) is 11.3 Å². The standard InChI is InChI=1S/C9H11NO3/c1-5-7(13-2)4-3-6(8(5)10)9(11)12/h3-4H,10H2,1-2H3,(H,11,12). The van der Waals surface area contributed by atoms with Gasteiger partial charge in [-0.3, -0.25) is 0 Å². The van der Waals surface area contributed by atoms with Gasteiger partial charge in [0.25, 0.3) is 0 Å². The van der Waals surface area contributed by atoms with Gasteiger partial charge in [0, 0.05) is 5.56 Å². The number of carboxylic acids is 1. The van der Waals surface area contributed by atoms with Crippen molar-refractivity contribution in [2.45, 2.75) is 6.92 Å². The summed E-state index contributed by atoms with van der Waals surface area (Å²) in [5, 5.41) is 8.73. The van der Waals surface area contributed by atoms with Crippen LogP contribution in [0, 0.1) is 6.92 Å². The van der Waals surface area contributed by atoms with Crippen molar-refractivity contribution in [2.75, 3.05) is 12.8 Å². The first kappa shape index (κ1) is 9.38. The quantitative estimate of drug-likeness (QED) is 0.674. The number of hydrogen-bond donors (Lipinski definition) is 2. The van der Waals surface area contributed by atoms with Gasteiger partial charge in [0.05, 0.1) is 18.4 Å². The molecule has 0 fully saturated rings. The number of carbonyl (C=O) groups is 1. The molecule has 1 rings (SSSR count). The van der Waals surface area contributed by atoms with Crippen molar-refractivity contribution in [2.24, 2.45) is 0 Å². The Bertz CT molecular complexity index is 347. The van der Waals surface area contributed by atoms with Crippen LogP contribution in [0.25, 0.3) is 0 Å². The summed E-state index contributed by atoms with van der Waals surface area (Å²) < 4.78 is 4.99. The van der Waals surface area contributed by atoms with E-state index in [1.165, 1.54) is 13.2 Å². The summed E-state index contributed by atoms with van der Waals surface area (Å²) in [5.41, 5.74) is 6.62. The summed E-state index contributed by atoms with van der Waals surface area (Å²) in [6.45, 7) is 1.72. The highest BCUT2D eigenvalue weighted by atomic mass is 16.5. The Morgan fingerprint density at radius 1 is 1.54 bits per heavy atom. The molecule has 0 spiro atoms. The average molecular weight is 181 g/mol. The van der Waals surface area contributed by atoms with Crippen molar-refractivity contribution < 1.29 is 14.6 Å². The van der Waals surface area contributed by atoms with E-state index in [1.807, 2.05) is 0 Å². The SMILES string of the molecule is COc1ccc(C(=O)O)c(N)c1C.